The van der Waals surface area contributed by atoms with Crippen molar-refractivity contribution in [1.82, 2.24) is 15.5 Å². The van der Waals surface area contributed by atoms with E-state index in [9.17, 15) is 9.59 Å². The van der Waals surface area contributed by atoms with Gasteiger partial charge in [0.05, 0.1) is 18.2 Å². The van der Waals surface area contributed by atoms with Crippen molar-refractivity contribution in [3.05, 3.63) is 41.1 Å². The molecule has 1 aromatic carbocycles. The lowest BCUT2D eigenvalue weighted by molar-refractivity contribution is -0.139. The fourth-order valence-electron chi connectivity index (χ4n) is 2.89. The summed E-state index contributed by atoms with van der Waals surface area (Å²) in [5.41, 5.74) is 2.26. The lowest BCUT2D eigenvalue weighted by atomic mass is 10.00. The van der Waals surface area contributed by atoms with Crippen molar-refractivity contribution in [3.63, 3.8) is 0 Å². The molecular weight excluding hydrogens is 346 g/mol. The van der Waals surface area contributed by atoms with Crippen LogP contribution in [0.3, 0.4) is 0 Å². The van der Waals surface area contributed by atoms with E-state index in [1.807, 2.05) is 50.1 Å². The van der Waals surface area contributed by atoms with Gasteiger partial charge in [0.25, 0.3) is 0 Å². The average molecular weight is 375 g/mol. The van der Waals surface area contributed by atoms with Crippen LogP contribution in [-0.4, -0.2) is 56.3 Å². The standard InChI is InChI=1S/C20H29N3O4/c1-5-16-18(19(24)26-6-2)17(22-20(25)21-16)13-23(4)11-12-27-15-9-7-14(3)8-10-15/h7-10,16H,5-6,11-13H2,1-4H3,(H2,21,22,25). The molecule has 1 heterocycles. The third-order valence-corrected chi connectivity index (χ3v) is 4.34. The number of benzene rings is 1. The number of nitrogens with one attached hydrogen (secondary N) is 2. The summed E-state index contributed by atoms with van der Waals surface area (Å²) in [7, 11) is 1.92. The number of hydrogen-bond donors (Lipinski definition) is 2. The molecule has 0 aromatic heterocycles. The number of urea groups is 1. The molecule has 0 aliphatic carbocycles. The number of carbonyl (C=O) groups excluding carboxylic acids is 2. The van der Waals surface area contributed by atoms with Crippen LogP contribution in [0, 0.1) is 6.92 Å². The molecular formula is C20H29N3O4. The number of rotatable bonds is 9. The Bertz CT molecular complexity index is 685. The van der Waals surface area contributed by atoms with Gasteiger partial charge in [0.2, 0.25) is 0 Å². The zero-order valence-corrected chi connectivity index (χ0v) is 16.5. The molecule has 7 nitrogen and oxygen atoms in total. The quantitative estimate of drug-likeness (QED) is 0.647. The summed E-state index contributed by atoms with van der Waals surface area (Å²) in [6.07, 6.45) is 0.616. The first kappa shape index (κ1) is 20.8. The molecule has 1 aromatic rings. The fraction of sp³-hybridized carbons (Fsp3) is 0.500. The van der Waals surface area contributed by atoms with Gasteiger partial charge in [-0.05, 0) is 39.4 Å². The smallest absolute Gasteiger partial charge is 0.337 e. The van der Waals surface area contributed by atoms with Crippen LogP contribution in [0.2, 0.25) is 0 Å². The van der Waals surface area contributed by atoms with Crippen molar-refractivity contribution in [2.75, 3.05) is 33.4 Å². The zero-order valence-electron chi connectivity index (χ0n) is 16.5. The minimum atomic E-state index is -0.392. The number of carbonyl (C=O) groups is 2. The van der Waals surface area contributed by atoms with E-state index in [1.54, 1.807) is 6.92 Å². The summed E-state index contributed by atoms with van der Waals surface area (Å²) in [6.45, 7) is 7.59. The highest BCUT2D eigenvalue weighted by atomic mass is 16.5. The highest BCUT2D eigenvalue weighted by molar-refractivity contribution is 5.94. The second-order valence-electron chi connectivity index (χ2n) is 6.57. The molecule has 0 saturated heterocycles. The maximum Gasteiger partial charge on any atom is 0.337 e. The van der Waals surface area contributed by atoms with Crippen molar-refractivity contribution in [2.45, 2.75) is 33.2 Å². The normalized spacial score (nSPS) is 16.8. The number of esters is 1. The SMILES string of the molecule is CCOC(=O)C1=C(CN(C)CCOc2ccc(C)cc2)NC(=O)NC1CC. The van der Waals surface area contributed by atoms with Crippen molar-refractivity contribution in [2.24, 2.45) is 0 Å². The number of hydrogen-bond acceptors (Lipinski definition) is 5. The number of aryl methyl sites for hydroxylation is 1. The van der Waals surface area contributed by atoms with Crippen LogP contribution in [0.1, 0.15) is 25.8 Å². The zero-order chi connectivity index (χ0) is 19.8. The van der Waals surface area contributed by atoms with Gasteiger partial charge in [0.1, 0.15) is 12.4 Å². The molecule has 0 bridgehead atoms. The summed E-state index contributed by atoms with van der Waals surface area (Å²) in [6, 6.07) is 7.25. The van der Waals surface area contributed by atoms with Crippen LogP contribution < -0.4 is 15.4 Å². The van der Waals surface area contributed by atoms with Gasteiger partial charge >= 0.3 is 12.0 Å². The second-order valence-corrected chi connectivity index (χ2v) is 6.57. The van der Waals surface area contributed by atoms with Gasteiger partial charge in [0.15, 0.2) is 0 Å². The molecule has 2 amide bonds. The minimum Gasteiger partial charge on any atom is -0.492 e. The van der Waals surface area contributed by atoms with Gasteiger partial charge in [-0.25, -0.2) is 9.59 Å². The number of amides is 2. The Morgan fingerprint density at radius 3 is 2.56 bits per heavy atom. The summed E-state index contributed by atoms with van der Waals surface area (Å²) in [5, 5.41) is 5.54. The third-order valence-electron chi connectivity index (χ3n) is 4.34. The number of nitrogens with zero attached hydrogens (tertiary/aromatic N) is 1. The molecule has 2 N–H and O–H groups in total. The van der Waals surface area contributed by atoms with Crippen LogP contribution in [0.5, 0.6) is 5.75 Å². The van der Waals surface area contributed by atoms with E-state index in [1.165, 1.54) is 5.56 Å². The molecule has 1 aliphatic heterocycles. The Balaban J connectivity index is 2.00. The van der Waals surface area contributed by atoms with Gasteiger partial charge in [0, 0.05) is 18.8 Å². The Labute approximate surface area is 160 Å². The largest absolute Gasteiger partial charge is 0.492 e. The lowest BCUT2D eigenvalue weighted by Crippen LogP contribution is -2.52. The van der Waals surface area contributed by atoms with E-state index in [4.69, 9.17) is 9.47 Å². The first-order chi connectivity index (χ1) is 12.9. The fourth-order valence-corrected chi connectivity index (χ4v) is 2.89. The van der Waals surface area contributed by atoms with Crippen LogP contribution in [0.4, 0.5) is 4.79 Å². The van der Waals surface area contributed by atoms with E-state index in [0.29, 0.717) is 44.0 Å². The van der Waals surface area contributed by atoms with Gasteiger partial charge in [-0.1, -0.05) is 24.6 Å². The first-order valence-corrected chi connectivity index (χ1v) is 9.30. The number of ether oxygens (including phenoxy) is 2. The van der Waals surface area contributed by atoms with Crippen molar-refractivity contribution in [3.8, 4) is 5.75 Å². The van der Waals surface area contributed by atoms with Crippen LogP contribution in [0.25, 0.3) is 0 Å². The Hall–Kier alpha value is -2.54. The van der Waals surface area contributed by atoms with Crippen LogP contribution >= 0.6 is 0 Å². The maximum atomic E-state index is 12.4. The monoisotopic (exact) mass is 375 g/mol. The summed E-state index contributed by atoms with van der Waals surface area (Å²) >= 11 is 0. The second kappa shape index (κ2) is 9.97. The van der Waals surface area contributed by atoms with E-state index in [-0.39, 0.29) is 12.1 Å². The Morgan fingerprint density at radius 2 is 1.93 bits per heavy atom. The highest BCUT2D eigenvalue weighted by Gasteiger charge is 2.31. The van der Waals surface area contributed by atoms with E-state index in [2.05, 4.69) is 10.6 Å². The molecule has 148 valence electrons. The van der Waals surface area contributed by atoms with Crippen LogP contribution in [0.15, 0.2) is 35.5 Å². The number of likely N-dealkylation sites (N-methyl/N-ethyl adjacent to an activating group) is 1. The molecule has 0 radical (unpaired) electrons. The third kappa shape index (κ3) is 5.99. The van der Waals surface area contributed by atoms with Crippen molar-refractivity contribution < 1.29 is 19.1 Å². The van der Waals surface area contributed by atoms with Gasteiger partial charge in [-0.3, -0.25) is 4.90 Å². The maximum absolute atomic E-state index is 12.4. The van der Waals surface area contributed by atoms with Gasteiger partial charge in [-0.2, -0.15) is 0 Å². The predicted octanol–water partition coefficient (Wildman–Crippen LogP) is 2.21. The molecule has 0 fully saturated rings. The predicted molar refractivity (Wildman–Crippen MR) is 104 cm³/mol. The Morgan fingerprint density at radius 1 is 1.22 bits per heavy atom. The Kier molecular flexibility index (Phi) is 7.67. The lowest BCUT2D eigenvalue weighted by Gasteiger charge is -2.30. The average Bonchev–Trinajstić information content (AvgIpc) is 2.63. The summed E-state index contributed by atoms with van der Waals surface area (Å²) < 4.78 is 10.9. The van der Waals surface area contributed by atoms with Gasteiger partial charge in [-0.15, -0.1) is 0 Å². The highest BCUT2D eigenvalue weighted by Crippen LogP contribution is 2.18. The topological polar surface area (TPSA) is 79.9 Å². The minimum absolute atomic E-state index is 0.292. The summed E-state index contributed by atoms with van der Waals surface area (Å²) in [4.78, 5) is 26.3. The summed E-state index contributed by atoms with van der Waals surface area (Å²) in [5.74, 6) is 0.429. The molecule has 1 unspecified atom stereocenters. The molecule has 0 saturated carbocycles. The molecule has 1 atom stereocenters. The van der Waals surface area contributed by atoms with Crippen LogP contribution in [-0.2, 0) is 9.53 Å². The van der Waals surface area contributed by atoms with E-state index >= 15 is 0 Å². The van der Waals surface area contributed by atoms with E-state index < -0.39 is 5.97 Å². The molecule has 1 aliphatic rings. The molecule has 7 heteroatoms. The van der Waals surface area contributed by atoms with Crippen molar-refractivity contribution >= 4 is 12.0 Å². The molecule has 27 heavy (non-hydrogen) atoms. The van der Waals surface area contributed by atoms with Gasteiger partial charge < -0.3 is 20.1 Å². The van der Waals surface area contributed by atoms with E-state index in [0.717, 1.165) is 5.75 Å². The molecule has 2 rings (SSSR count). The molecule has 0 spiro atoms. The van der Waals surface area contributed by atoms with Crippen molar-refractivity contribution in [1.29, 1.82) is 0 Å². The first-order valence-electron chi connectivity index (χ1n) is 9.30.